The van der Waals surface area contributed by atoms with Crippen molar-refractivity contribution < 1.29 is 18.4 Å². The predicted molar refractivity (Wildman–Crippen MR) is 92.4 cm³/mol. The Balaban J connectivity index is 1.59. The van der Waals surface area contributed by atoms with Crippen LogP contribution in [0.25, 0.3) is 11.5 Å². The van der Waals surface area contributed by atoms with Gasteiger partial charge in [-0.25, -0.2) is 4.39 Å². The minimum Gasteiger partial charge on any atom is -0.495 e. The van der Waals surface area contributed by atoms with Gasteiger partial charge in [-0.1, -0.05) is 29.4 Å². The van der Waals surface area contributed by atoms with E-state index in [0.717, 1.165) is 0 Å². The lowest BCUT2D eigenvalue weighted by molar-refractivity contribution is -0.117. The molecule has 1 aromatic heterocycles. The maximum absolute atomic E-state index is 13.9. The summed E-state index contributed by atoms with van der Waals surface area (Å²) in [5.41, 5.74) is 0.956. The molecule has 2 heterocycles. The second kappa shape index (κ2) is 6.59. The lowest BCUT2D eigenvalue weighted by Crippen LogP contribution is -2.24. The molecule has 0 bridgehead atoms. The monoisotopic (exact) mass is 353 g/mol. The summed E-state index contributed by atoms with van der Waals surface area (Å²) in [6.07, 6.45) is 0.258. The number of halogens is 1. The van der Waals surface area contributed by atoms with E-state index in [2.05, 4.69) is 10.1 Å². The Morgan fingerprint density at radius 2 is 1.96 bits per heavy atom. The molecular formula is C19H16FN3O3. The summed E-state index contributed by atoms with van der Waals surface area (Å²) in [5.74, 6) is 0.436. The minimum absolute atomic E-state index is 0.0447. The summed E-state index contributed by atoms with van der Waals surface area (Å²) in [6, 6.07) is 13.5. The quantitative estimate of drug-likeness (QED) is 0.719. The molecule has 1 saturated heterocycles. The number of anilines is 1. The Bertz CT molecular complexity index is 956. The van der Waals surface area contributed by atoms with E-state index in [1.807, 2.05) is 18.2 Å². The molecule has 1 amide bonds. The third-order valence-electron chi connectivity index (χ3n) is 4.41. The average molecular weight is 353 g/mol. The Morgan fingerprint density at radius 1 is 1.19 bits per heavy atom. The highest BCUT2D eigenvalue weighted by atomic mass is 19.1. The number of benzene rings is 2. The zero-order chi connectivity index (χ0) is 18.1. The van der Waals surface area contributed by atoms with E-state index >= 15 is 0 Å². The number of hydrogen-bond donors (Lipinski definition) is 0. The molecule has 7 heteroatoms. The Morgan fingerprint density at radius 3 is 2.77 bits per heavy atom. The number of aromatic nitrogens is 2. The number of methoxy groups -OCH3 is 1. The molecule has 0 saturated carbocycles. The van der Waals surface area contributed by atoms with Crippen molar-refractivity contribution >= 4 is 11.6 Å². The van der Waals surface area contributed by atoms with Gasteiger partial charge in [0, 0.05) is 18.9 Å². The first kappa shape index (κ1) is 16.3. The number of carbonyl (C=O) groups excluding carboxylic acids is 1. The molecule has 0 radical (unpaired) electrons. The lowest BCUT2D eigenvalue weighted by atomic mass is 10.1. The summed E-state index contributed by atoms with van der Waals surface area (Å²) in [7, 11) is 1.57. The van der Waals surface area contributed by atoms with E-state index in [1.165, 1.54) is 6.07 Å². The van der Waals surface area contributed by atoms with E-state index in [9.17, 15) is 9.18 Å². The topological polar surface area (TPSA) is 68.5 Å². The molecule has 6 nitrogen and oxygen atoms in total. The van der Waals surface area contributed by atoms with Gasteiger partial charge >= 0.3 is 0 Å². The van der Waals surface area contributed by atoms with Crippen molar-refractivity contribution in [2.45, 2.75) is 12.3 Å². The molecular weight excluding hydrogens is 337 g/mol. The molecule has 1 unspecified atom stereocenters. The first-order valence-corrected chi connectivity index (χ1v) is 8.19. The molecule has 1 aliphatic heterocycles. The molecule has 132 valence electrons. The smallest absolute Gasteiger partial charge is 0.260 e. The van der Waals surface area contributed by atoms with Crippen molar-refractivity contribution in [3.63, 3.8) is 0 Å². The number of para-hydroxylation sites is 2. The van der Waals surface area contributed by atoms with Crippen molar-refractivity contribution in [3.8, 4) is 17.2 Å². The summed E-state index contributed by atoms with van der Waals surface area (Å²) >= 11 is 0. The normalized spacial score (nSPS) is 16.9. The average Bonchev–Trinajstić information content (AvgIpc) is 3.29. The maximum atomic E-state index is 13.9. The van der Waals surface area contributed by atoms with Crippen LogP contribution in [0.1, 0.15) is 18.2 Å². The van der Waals surface area contributed by atoms with E-state index in [0.29, 0.717) is 23.8 Å². The minimum atomic E-state index is -0.430. The number of amides is 1. The largest absolute Gasteiger partial charge is 0.495 e. The SMILES string of the molecule is COc1ccccc1N1CC(c2noc(-c3ccccc3F)n2)CC1=O. The zero-order valence-electron chi connectivity index (χ0n) is 14.1. The van der Waals surface area contributed by atoms with Gasteiger partial charge in [-0.05, 0) is 24.3 Å². The summed E-state index contributed by atoms with van der Waals surface area (Å²) in [5, 5.41) is 3.96. The molecule has 3 aromatic rings. The lowest BCUT2D eigenvalue weighted by Gasteiger charge is -2.18. The first-order valence-electron chi connectivity index (χ1n) is 8.19. The Kier molecular flexibility index (Phi) is 4.12. The second-order valence-corrected chi connectivity index (χ2v) is 6.01. The van der Waals surface area contributed by atoms with E-state index in [1.54, 1.807) is 36.3 Å². The highest BCUT2D eigenvalue weighted by molar-refractivity contribution is 5.97. The van der Waals surface area contributed by atoms with Gasteiger partial charge in [-0.15, -0.1) is 0 Å². The molecule has 0 aliphatic carbocycles. The fourth-order valence-electron chi connectivity index (χ4n) is 3.11. The Hall–Kier alpha value is -3.22. The fourth-order valence-corrected chi connectivity index (χ4v) is 3.11. The summed E-state index contributed by atoms with van der Waals surface area (Å²) in [6.45, 7) is 0.412. The van der Waals surface area contributed by atoms with Crippen LogP contribution in [-0.4, -0.2) is 29.7 Å². The summed E-state index contributed by atoms with van der Waals surface area (Å²) < 4.78 is 24.4. The zero-order valence-corrected chi connectivity index (χ0v) is 14.1. The highest BCUT2D eigenvalue weighted by Crippen LogP contribution is 2.36. The number of carbonyl (C=O) groups is 1. The third-order valence-corrected chi connectivity index (χ3v) is 4.41. The second-order valence-electron chi connectivity index (χ2n) is 6.01. The molecule has 0 spiro atoms. The molecule has 2 aromatic carbocycles. The van der Waals surface area contributed by atoms with Crippen molar-refractivity contribution in [1.29, 1.82) is 0 Å². The van der Waals surface area contributed by atoms with E-state index in [4.69, 9.17) is 9.26 Å². The van der Waals surface area contributed by atoms with Crippen molar-refractivity contribution in [2.24, 2.45) is 0 Å². The highest BCUT2D eigenvalue weighted by Gasteiger charge is 2.35. The van der Waals surface area contributed by atoms with Gasteiger partial charge in [-0.2, -0.15) is 4.98 Å². The maximum Gasteiger partial charge on any atom is 0.260 e. The van der Waals surface area contributed by atoms with Crippen LogP contribution in [0.4, 0.5) is 10.1 Å². The fraction of sp³-hybridized carbons (Fsp3) is 0.211. The summed E-state index contributed by atoms with van der Waals surface area (Å²) in [4.78, 5) is 18.4. The van der Waals surface area contributed by atoms with Crippen LogP contribution in [0.2, 0.25) is 0 Å². The Labute approximate surface area is 149 Å². The molecule has 1 fully saturated rings. The van der Waals surface area contributed by atoms with Gasteiger partial charge in [0.1, 0.15) is 11.6 Å². The molecule has 26 heavy (non-hydrogen) atoms. The molecule has 1 atom stereocenters. The van der Waals surface area contributed by atoms with Gasteiger partial charge < -0.3 is 14.2 Å². The van der Waals surface area contributed by atoms with Crippen molar-refractivity contribution in [3.05, 3.63) is 60.2 Å². The number of hydrogen-bond acceptors (Lipinski definition) is 5. The first-order chi connectivity index (χ1) is 12.7. The van der Waals surface area contributed by atoms with Gasteiger partial charge in [0.15, 0.2) is 5.82 Å². The number of nitrogens with zero attached hydrogens (tertiary/aromatic N) is 3. The van der Waals surface area contributed by atoms with E-state index in [-0.39, 0.29) is 29.7 Å². The molecule has 1 aliphatic rings. The van der Waals surface area contributed by atoms with Crippen LogP contribution in [-0.2, 0) is 4.79 Å². The van der Waals surface area contributed by atoms with Gasteiger partial charge in [-0.3, -0.25) is 4.79 Å². The number of ether oxygens (including phenoxy) is 1. The van der Waals surface area contributed by atoms with Crippen molar-refractivity contribution in [1.82, 2.24) is 10.1 Å². The van der Waals surface area contributed by atoms with E-state index < -0.39 is 5.82 Å². The standard InChI is InChI=1S/C19H16FN3O3/c1-25-16-9-5-4-8-15(16)23-11-12(10-17(23)24)18-21-19(26-22-18)13-6-2-3-7-14(13)20/h2-9,12H,10-11H2,1H3. The third kappa shape index (κ3) is 2.81. The van der Waals surface area contributed by atoms with Crippen LogP contribution >= 0.6 is 0 Å². The van der Waals surface area contributed by atoms with Crippen LogP contribution in [0.5, 0.6) is 5.75 Å². The van der Waals surface area contributed by atoms with Crippen LogP contribution in [0.3, 0.4) is 0 Å². The van der Waals surface area contributed by atoms with Crippen LogP contribution in [0.15, 0.2) is 53.1 Å². The molecule has 0 N–H and O–H groups in total. The van der Waals surface area contributed by atoms with Gasteiger partial charge in [0.2, 0.25) is 5.91 Å². The molecule has 4 rings (SSSR count). The van der Waals surface area contributed by atoms with Crippen molar-refractivity contribution in [2.75, 3.05) is 18.6 Å². The van der Waals surface area contributed by atoms with Crippen LogP contribution < -0.4 is 9.64 Å². The number of rotatable bonds is 4. The van der Waals surface area contributed by atoms with Crippen LogP contribution in [0, 0.1) is 5.82 Å². The van der Waals surface area contributed by atoms with Gasteiger partial charge in [0.25, 0.3) is 5.89 Å². The predicted octanol–water partition coefficient (Wildman–Crippen LogP) is 3.40. The van der Waals surface area contributed by atoms with Gasteiger partial charge in [0.05, 0.1) is 18.4 Å².